The highest BCUT2D eigenvalue weighted by molar-refractivity contribution is 6.30. The van der Waals surface area contributed by atoms with Gasteiger partial charge in [0.2, 0.25) is 5.89 Å². The number of aryl methyl sites for hydroxylation is 1. The fraction of sp³-hybridized carbons (Fsp3) is 0.357. The Morgan fingerprint density at radius 2 is 2.00 bits per heavy atom. The zero-order chi connectivity index (χ0) is 13.0. The van der Waals surface area contributed by atoms with Gasteiger partial charge in [-0.25, -0.2) is 4.98 Å². The van der Waals surface area contributed by atoms with Gasteiger partial charge in [0.1, 0.15) is 11.5 Å². The van der Waals surface area contributed by atoms with Crippen molar-refractivity contribution >= 4 is 11.6 Å². The van der Waals surface area contributed by atoms with Crippen LogP contribution in [0, 0.1) is 0 Å². The number of aliphatic hydroxyl groups excluding tert-OH is 1. The third-order valence-corrected chi connectivity index (χ3v) is 3.03. The summed E-state index contributed by atoms with van der Waals surface area (Å²) in [7, 11) is 0. The number of halogens is 1. The SMILES string of the molecule is CCCCc1oc(-c2ccc(Cl)cc2)nc1CO. The van der Waals surface area contributed by atoms with E-state index in [1.807, 2.05) is 12.1 Å². The second-order valence-electron chi connectivity index (χ2n) is 4.16. The van der Waals surface area contributed by atoms with Gasteiger partial charge in [0.15, 0.2) is 0 Å². The van der Waals surface area contributed by atoms with Crippen LogP contribution in [0.1, 0.15) is 31.2 Å². The van der Waals surface area contributed by atoms with Gasteiger partial charge in [-0.1, -0.05) is 24.9 Å². The zero-order valence-corrected chi connectivity index (χ0v) is 11.1. The Balaban J connectivity index is 2.28. The van der Waals surface area contributed by atoms with Gasteiger partial charge in [-0.05, 0) is 30.7 Å². The first kappa shape index (κ1) is 13.1. The van der Waals surface area contributed by atoms with E-state index in [9.17, 15) is 5.11 Å². The maximum atomic E-state index is 9.28. The summed E-state index contributed by atoms with van der Waals surface area (Å²) in [5.41, 5.74) is 1.50. The van der Waals surface area contributed by atoms with Crippen LogP contribution >= 0.6 is 11.6 Å². The molecule has 1 aromatic heterocycles. The van der Waals surface area contributed by atoms with Crippen LogP contribution in [0.25, 0.3) is 11.5 Å². The number of oxazole rings is 1. The summed E-state index contributed by atoms with van der Waals surface area (Å²) >= 11 is 5.84. The lowest BCUT2D eigenvalue weighted by Gasteiger charge is -1.96. The molecular formula is C14H16ClNO2. The molecule has 0 saturated heterocycles. The third kappa shape index (κ3) is 2.92. The first-order valence-electron chi connectivity index (χ1n) is 6.10. The highest BCUT2D eigenvalue weighted by Gasteiger charge is 2.13. The molecule has 1 N–H and O–H groups in total. The van der Waals surface area contributed by atoms with Crippen LogP contribution in [-0.2, 0) is 13.0 Å². The predicted octanol–water partition coefficient (Wildman–Crippen LogP) is 3.83. The largest absolute Gasteiger partial charge is 0.441 e. The van der Waals surface area contributed by atoms with Gasteiger partial charge < -0.3 is 9.52 Å². The number of rotatable bonds is 5. The fourth-order valence-corrected chi connectivity index (χ4v) is 1.88. The van der Waals surface area contributed by atoms with Gasteiger partial charge in [0, 0.05) is 17.0 Å². The molecule has 0 unspecified atom stereocenters. The molecule has 2 aromatic rings. The van der Waals surface area contributed by atoms with E-state index in [0.717, 1.165) is 30.6 Å². The number of aromatic nitrogens is 1. The average molecular weight is 266 g/mol. The van der Waals surface area contributed by atoms with Gasteiger partial charge in [-0.2, -0.15) is 0 Å². The third-order valence-electron chi connectivity index (χ3n) is 2.78. The standard InChI is InChI=1S/C14H16ClNO2/c1-2-3-4-13-12(9-17)16-14(18-13)10-5-7-11(15)8-6-10/h5-8,17H,2-4,9H2,1H3. The van der Waals surface area contributed by atoms with Crippen LogP contribution in [0.4, 0.5) is 0 Å². The lowest BCUT2D eigenvalue weighted by molar-refractivity contribution is 0.274. The van der Waals surface area contributed by atoms with Crippen molar-refractivity contribution in [1.29, 1.82) is 0 Å². The molecule has 0 bridgehead atoms. The summed E-state index contributed by atoms with van der Waals surface area (Å²) in [6, 6.07) is 7.31. The Hall–Kier alpha value is -1.32. The molecule has 0 saturated carbocycles. The Kier molecular flexibility index (Phi) is 4.39. The molecule has 0 amide bonds. The zero-order valence-electron chi connectivity index (χ0n) is 10.3. The minimum absolute atomic E-state index is 0.0872. The first-order chi connectivity index (χ1) is 8.74. The van der Waals surface area contributed by atoms with Crippen molar-refractivity contribution in [3.63, 3.8) is 0 Å². The Bertz CT molecular complexity index is 505. The Labute approximate surface area is 111 Å². The summed E-state index contributed by atoms with van der Waals surface area (Å²) in [6.07, 6.45) is 2.93. The summed E-state index contributed by atoms with van der Waals surface area (Å²) in [5, 5.41) is 9.96. The van der Waals surface area contributed by atoms with Crippen molar-refractivity contribution in [3.8, 4) is 11.5 Å². The molecule has 4 heteroatoms. The van der Waals surface area contributed by atoms with Crippen molar-refractivity contribution < 1.29 is 9.52 Å². The predicted molar refractivity (Wildman–Crippen MR) is 71.5 cm³/mol. The van der Waals surface area contributed by atoms with E-state index >= 15 is 0 Å². The van der Waals surface area contributed by atoms with Crippen molar-refractivity contribution in [1.82, 2.24) is 4.98 Å². The number of nitrogens with zero attached hydrogens (tertiary/aromatic N) is 1. The summed E-state index contributed by atoms with van der Waals surface area (Å²) < 4.78 is 5.72. The van der Waals surface area contributed by atoms with E-state index in [1.165, 1.54) is 0 Å². The van der Waals surface area contributed by atoms with Crippen LogP contribution in [-0.4, -0.2) is 10.1 Å². The Morgan fingerprint density at radius 3 is 2.61 bits per heavy atom. The van der Waals surface area contributed by atoms with Gasteiger partial charge in [0.25, 0.3) is 0 Å². The van der Waals surface area contributed by atoms with Crippen LogP contribution in [0.15, 0.2) is 28.7 Å². The van der Waals surface area contributed by atoms with Crippen molar-refractivity contribution in [3.05, 3.63) is 40.7 Å². The topological polar surface area (TPSA) is 46.3 Å². The second-order valence-corrected chi connectivity index (χ2v) is 4.59. The fourth-order valence-electron chi connectivity index (χ4n) is 1.76. The summed E-state index contributed by atoms with van der Waals surface area (Å²) in [5.74, 6) is 1.33. The Morgan fingerprint density at radius 1 is 1.28 bits per heavy atom. The first-order valence-corrected chi connectivity index (χ1v) is 6.47. The number of hydrogen-bond donors (Lipinski definition) is 1. The van der Waals surface area contributed by atoms with E-state index in [-0.39, 0.29) is 6.61 Å². The van der Waals surface area contributed by atoms with Crippen LogP contribution in [0.5, 0.6) is 0 Å². The monoisotopic (exact) mass is 265 g/mol. The highest BCUT2D eigenvalue weighted by atomic mass is 35.5. The van der Waals surface area contributed by atoms with Crippen molar-refractivity contribution in [2.45, 2.75) is 32.8 Å². The van der Waals surface area contributed by atoms with Gasteiger partial charge in [-0.15, -0.1) is 0 Å². The lowest BCUT2D eigenvalue weighted by atomic mass is 10.2. The molecule has 18 heavy (non-hydrogen) atoms. The molecule has 0 aliphatic rings. The van der Waals surface area contributed by atoms with E-state index in [4.69, 9.17) is 16.0 Å². The molecule has 0 atom stereocenters. The van der Waals surface area contributed by atoms with Crippen molar-refractivity contribution in [2.75, 3.05) is 0 Å². The minimum Gasteiger partial charge on any atom is -0.441 e. The van der Waals surface area contributed by atoms with Crippen molar-refractivity contribution in [2.24, 2.45) is 0 Å². The minimum atomic E-state index is -0.0872. The molecule has 1 heterocycles. The van der Waals surface area contributed by atoms with E-state index in [0.29, 0.717) is 16.6 Å². The van der Waals surface area contributed by atoms with Gasteiger partial charge >= 0.3 is 0 Å². The van der Waals surface area contributed by atoms with Crippen LogP contribution in [0.3, 0.4) is 0 Å². The highest BCUT2D eigenvalue weighted by Crippen LogP contribution is 2.24. The molecule has 0 aliphatic heterocycles. The molecule has 0 radical (unpaired) electrons. The number of aliphatic hydroxyl groups is 1. The molecule has 0 spiro atoms. The van der Waals surface area contributed by atoms with Crippen LogP contribution in [0.2, 0.25) is 5.02 Å². The van der Waals surface area contributed by atoms with E-state index in [1.54, 1.807) is 12.1 Å². The maximum absolute atomic E-state index is 9.28. The second kappa shape index (κ2) is 6.03. The van der Waals surface area contributed by atoms with E-state index < -0.39 is 0 Å². The van der Waals surface area contributed by atoms with E-state index in [2.05, 4.69) is 11.9 Å². The smallest absolute Gasteiger partial charge is 0.226 e. The molecular weight excluding hydrogens is 250 g/mol. The number of hydrogen-bond acceptors (Lipinski definition) is 3. The number of unbranched alkanes of at least 4 members (excludes halogenated alkanes) is 1. The molecule has 0 aliphatic carbocycles. The van der Waals surface area contributed by atoms with Gasteiger partial charge in [-0.3, -0.25) is 0 Å². The van der Waals surface area contributed by atoms with Gasteiger partial charge in [0.05, 0.1) is 6.61 Å². The molecule has 96 valence electrons. The van der Waals surface area contributed by atoms with Crippen LogP contribution < -0.4 is 0 Å². The molecule has 1 aromatic carbocycles. The molecule has 3 nitrogen and oxygen atoms in total. The normalized spacial score (nSPS) is 10.8. The molecule has 0 fully saturated rings. The average Bonchev–Trinajstić information content (AvgIpc) is 2.80. The summed E-state index contributed by atoms with van der Waals surface area (Å²) in [6.45, 7) is 2.03. The lowest BCUT2D eigenvalue weighted by Crippen LogP contribution is -1.90. The number of benzene rings is 1. The molecule has 2 rings (SSSR count). The maximum Gasteiger partial charge on any atom is 0.226 e. The quantitative estimate of drug-likeness (QED) is 0.894. The summed E-state index contributed by atoms with van der Waals surface area (Å²) in [4.78, 5) is 4.32.